The van der Waals surface area contributed by atoms with Crippen molar-refractivity contribution >= 4 is 28.7 Å². The van der Waals surface area contributed by atoms with Gasteiger partial charge in [0.2, 0.25) is 11.2 Å². The number of nitrogens with zero attached hydrogens (tertiary/aromatic N) is 4. The van der Waals surface area contributed by atoms with E-state index in [0.29, 0.717) is 16.4 Å². The van der Waals surface area contributed by atoms with E-state index in [-0.39, 0.29) is 18.6 Å². The number of imidazole rings is 1. The smallest absolute Gasteiger partial charge is 0.222 e. The minimum atomic E-state index is 0.0812. The Kier molecular flexibility index (Phi) is 2.68. The third kappa shape index (κ3) is 1.74. The van der Waals surface area contributed by atoms with Crippen molar-refractivity contribution < 1.29 is 5.11 Å². The Labute approximate surface area is 108 Å². The largest absolute Gasteiger partial charge is 0.392 e. The number of aromatic nitrogens is 4. The number of aliphatic hydroxyl groups is 1. The molecule has 0 fully saturated rings. The fourth-order valence-corrected chi connectivity index (χ4v) is 2.61. The quantitative estimate of drug-likeness (QED) is 0.631. The van der Waals surface area contributed by atoms with Crippen LogP contribution < -0.4 is 5.73 Å². The molecule has 3 rings (SSSR count). The van der Waals surface area contributed by atoms with Gasteiger partial charge in [0.05, 0.1) is 12.8 Å². The summed E-state index contributed by atoms with van der Waals surface area (Å²) in [6.45, 7) is 0.0812. The molecule has 0 saturated heterocycles. The van der Waals surface area contributed by atoms with E-state index in [0.717, 1.165) is 18.4 Å². The molecule has 0 unspecified atom stereocenters. The molecule has 1 atom stereocenters. The summed E-state index contributed by atoms with van der Waals surface area (Å²) in [5.74, 6) is 0.202. The maximum Gasteiger partial charge on any atom is 0.222 e. The van der Waals surface area contributed by atoms with Crippen molar-refractivity contribution in [3.8, 4) is 0 Å². The van der Waals surface area contributed by atoms with Crippen molar-refractivity contribution in [1.82, 2.24) is 19.5 Å². The zero-order valence-electron chi connectivity index (χ0n) is 9.54. The predicted octanol–water partition coefficient (Wildman–Crippen LogP) is 1.32. The van der Waals surface area contributed by atoms with Crippen LogP contribution in [0.15, 0.2) is 17.8 Å². The number of halogens is 1. The molecule has 1 aliphatic carbocycles. The lowest BCUT2D eigenvalue weighted by atomic mass is 10.2. The highest BCUT2D eigenvalue weighted by atomic mass is 35.5. The van der Waals surface area contributed by atoms with E-state index in [1.54, 1.807) is 6.20 Å². The van der Waals surface area contributed by atoms with Crippen LogP contribution >= 0.6 is 11.6 Å². The summed E-state index contributed by atoms with van der Waals surface area (Å²) in [6.07, 6.45) is 5.16. The van der Waals surface area contributed by atoms with Crippen LogP contribution in [0.4, 0.5) is 5.95 Å². The Hall–Kier alpha value is -1.66. The van der Waals surface area contributed by atoms with Crippen molar-refractivity contribution in [3.05, 3.63) is 23.1 Å². The van der Waals surface area contributed by atoms with Gasteiger partial charge in [-0.25, -0.2) is 9.97 Å². The summed E-state index contributed by atoms with van der Waals surface area (Å²) < 4.78 is 1.86. The normalized spacial score (nSPS) is 19.4. The van der Waals surface area contributed by atoms with Crippen LogP contribution in [0.3, 0.4) is 0 Å². The van der Waals surface area contributed by atoms with Gasteiger partial charge >= 0.3 is 0 Å². The summed E-state index contributed by atoms with van der Waals surface area (Å²) in [5.41, 5.74) is 7.88. The fourth-order valence-electron chi connectivity index (χ4n) is 2.30. The molecule has 2 aromatic rings. The van der Waals surface area contributed by atoms with Gasteiger partial charge < -0.3 is 10.8 Å². The van der Waals surface area contributed by atoms with Crippen molar-refractivity contribution in [3.63, 3.8) is 0 Å². The van der Waals surface area contributed by atoms with E-state index in [1.807, 2.05) is 10.6 Å². The molecule has 0 aliphatic heterocycles. The minimum absolute atomic E-state index is 0.0812. The summed E-state index contributed by atoms with van der Waals surface area (Å²) in [7, 11) is 0. The van der Waals surface area contributed by atoms with Crippen LogP contribution in [-0.2, 0) is 0 Å². The van der Waals surface area contributed by atoms with Gasteiger partial charge in [0, 0.05) is 6.04 Å². The Balaban J connectivity index is 2.06. The van der Waals surface area contributed by atoms with Crippen molar-refractivity contribution in [1.29, 1.82) is 0 Å². The number of hydrogen-bond acceptors (Lipinski definition) is 5. The van der Waals surface area contributed by atoms with E-state index >= 15 is 0 Å². The monoisotopic (exact) mass is 265 g/mol. The van der Waals surface area contributed by atoms with Gasteiger partial charge in [0.15, 0.2) is 5.65 Å². The average Bonchev–Trinajstić information content (AvgIpc) is 2.92. The molecule has 0 amide bonds. The second kappa shape index (κ2) is 4.22. The fraction of sp³-hybridized carbons (Fsp3) is 0.364. The molecule has 18 heavy (non-hydrogen) atoms. The van der Waals surface area contributed by atoms with E-state index < -0.39 is 0 Å². The molecule has 94 valence electrons. The van der Waals surface area contributed by atoms with Crippen LogP contribution in [0.5, 0.6) is 0 Å². The van der Waals surface area contributed by atoms with Crippen LogP contribution in [0.2, 0.25) is 5.28 Å². The first kappa shape index (κ1) is 11.4. The van der Waals surface area contributed by atoms with Gasteiger partial charge in [0.25, 0.3) is 0 Å². The number of hydrogen-bond donors (Lipinski definition) is 2. The van der Waals surface area contributed by atoms with Crippen LogP contribution in [0, 0.1) is 0 Å². The second-order valence-corrected chi connectivity index (χ2v) is 4.64. The Morgan fingerprint density at radius 2 is 2.33 bits per heavy atom. The van der Waals surface area contributed by atoms with E-state index in [9.17, 15) is 0 Å². The number of allylic oxidation sites excluding steroid dienone is 1. The average molecular weight is 266 g/mol. The first-order valence-electron chi connectivity index (χ1n) is 5.63. The molecule has 7 heteroatoms. The molecule has 0 bridgehead atoms. The van der Waals surface area contributed by atoms with Crippen molar-refractivity contribution in [2.75, 3.05) is 12.3 Å². The van der Waals surface area contributed by atoms with Crippen LogP contribution in [0.25, 0.3) is 11.2 Å². The number of fused-ring (bicyclic) bond motifs is 1. The topological polar surface area (TPSA) is 89.8 Å². The van der Waals surface area contributed by atoms with E-state index in [4.69, 9.17) is 22.4 Å². The van der Waals surface area contributed by atoms with E-state index in [2.05, 4.69) is 15.0 Å². The lowest BCUT2D eigenvalue weighted by Gasteiger charge is -2.13. The van der Waals surface area contributed by atoms with Crippen molar-refractivity contribution in [2.45, 2.75) is 18.9 Å². The summed E-state index contributed by atoms with van der Waals surface area (Å²) in [5, 5.41) is 9.51. The minimum Gasteiger partial charge on any atom is -0.392 e. The van der Waals surface area contributed by atoms with Gasteiger partial charge in [-0.15, -0.1) is 0 Å². The van der Waals surface area contributed by atoms with Gasteiger partial charge in [-0.05, 0) is 30.0 Å². The predicted molar refractivity (Wildman–Crippen MR) is 68.2 cm³/mol. The number of nitrogens with two attached hydrogens (primary N) is 1. The summed E-state index contributed by atoms with van der Waals surface area (Å²) >= 11 is 6.15. The first-order valence-corrected chi connectivity index (χ1v) is 6.01. The highest BCUT2D eigenvalue weighted by molar-refractivity contribution is 6.29. The first-order chi connectivity index (χ1) is 8.69. The molecule has 3 N–H and O–H groups in total. The molecule has 0 saturated carbocycles. The lowest BCUT2D eigenvalue weighted by Crippen LogP contribution is -2.08. The van der Waals surface area contributed by atoms with Gasteiger partial charge in [-0.3, -0.25) is 4.57 Å². The maximum atomic E-state index is 9.14. The Morgan fingerprint density at radius 3 is 3.06 bits per heavy atom. The van der Waals surface area contributed by atoms with Crippen molar-refractivity contribution in [2.24, 2.45) is 0 Å². The molecule has 2 heterocycles. The molecule has 2 aromatic heterocycles. The molecule has 0 spiro atoms. The standard InChI is InChI=1S/C11H12ClN5O/c12-10-15-8-4-14-11(13)16-9(8)17(10)7-2-1-6(3-7)5-18/h1,4,7,18H,2-3,5H2,(H2,13,14,16)/t7-/m1/s1. The number of nitrogen functional groups attached to an aromatic ring is 1. The zero-order chi connectivity index (χ0) is 12.7. The highest BCUT2D eigenvalue weighted by Crippen LogP contribution is 2.34. The number of anilines is 1. The van der Waals surface area contributed by atoms with Gasteiger partial charge in [0.1, 0.15) is 5.52 Å². The lowest BCUT2D eigenvalue weighted by molar-refractivity contribution is 0.325. The van der Waals surface area contributed by atoms with E-state index in [1.165, 1.54) is 0 Å². The SMILES string of the molecule is Nc1ncc2nc(Cl)n([C@@H]3CC=C(CO)C3)c2n1. The second-order valence-electron chi connectivity index (χ2n) is 4.30. The molecule has 0 aromatic carbocycles. The molecular formula is C11H12ClN5O. The summed E-state index contributed by atoms with van der Waals surface area (Å²) in [6, 6.07) is 0.138. The van der Waals surface area contributed by atoms with Crippen LogP contribution in [0.1, 0.15) is 18.9 Å². The summed E-state index contributed by atoms with van der Waals surface area (Å²) in [4.78, 5) is 12.3. The highest BCUT2D eigenvalue weighted by Gasteiger charge is 2.23. The van der Waals surface area contributed by atoms with Crippen LogP contribution in [-0.4, -0.2) is 31.2 Å². The zero-order valence-corrected chi connectivity index (χ0v) is 10.3. The molecule has 6 nitrogen and oxygen atoms in total. The number of rotatable bonds is 2. The Bertz CT molecular complexity index is 636. The Morgan fingerprint density at radius 1 is 1.50 bits per heavy atom. The third-order valence-electron chi connectivity index (χ3n) is 3.15. The third-order valence-corrected chi connectivity index (χ3v) is 3.42. The maximum absolute atomic E-state index is 9.14. The molecule has 1 aliphatic rings. The van der Waals surface area contributed by atoms with Gasteiger partial charge in [-0.2, -0.15) is 4.98 Å². The molecule has 0 radical (unpaired) electrons. The number of aliphatic hydroxyl groups excluding tert-OH is 1. The molecular weight excluding hydrogens is 254 g/mol. The van der Waals surface area contributed by atoms with Gasteiger partial charge in [-0.1, -0.05) is 6.08 Å².